The molecule has 0 saturated carbocycles. The highest BCUT2D eigenvalue weighted by molar-refractivity contribution is 5.66. The van der Waals surface area contributed by atoms with Crippen LogP contribution in [0, 0.1) is 5.41 Å². The Morgan fingerprint density at radius 1 is 1.47 bits per heavy atom. The van der Waals surface area contributed by atoms with Crippen molar-refractivity contribution < 1.29 is 9.90 Å². The Morgan fingerprint density at radius 3 is 2.71 bits per heavy atom. The topological polar surface area (TPSA) is 37.3 Å². The smallest absolute Gasteiger partial charge is 0.303 e. The Morgan fingerprint density at radius 2 is 2.18 bits per heavy atom. The first-order valence-electron chi connectivity index (χ1n) is 6.54. The molecule has 1 rings (SSSR count). The zero-order chi connectivity index (χ0) is 12.9. The molecule has 2 nitrogen and oxygen atoms in total. The lowest BCUT2D eigenvalue weighted by Crippen LogP contribution is -2.14. The summed E-state index contributed by atoms with van der Waals surface area (Å²) < 4.78 is 0. The second-order valence-corrected chi connectivity index (χ2v) is 5.57. The van der Waals surface area contributed by atoms with E-state index in [4.69, 9.17) is 5.11 Å². The van der Waals surface area contributed by atoms with Crippen molar-refractivity contribution in [1.82, 2.24) is 0 Å². The number of hydrogen-bond donors (Lipinski definition) is 1. The molecule has 0 saturated heterocycles. The third-order valence-corrected chi connectivity index (χ3v) is 3.43. The van der Waals surface area contributed by atoms with Crippen LogP contribution in [0.3, 0.4) is 0 Å². The summed E-state index contributed by atoms with van der Waals surface area (Å²) >= 11 is 0. The van der Waals surface area contributed by atoms with Gasteiger partial charge in [-0.15, -0.1) is 0 Å². The fraction of sp³-hybridized carbons (Fsp3) is 0.667. The van der Waals surface area contributed by atoms with Gasteiger partial charge < -0.3 is 5.11 Å². The van der Waals surface area contributed by atoms with Crippen LogP contribution in [0.2, 0.25) is 0 Å². The first kappa shape index (κ1) is 14.0. The van der Waals surface area contributed by atoms with E-state index in [9.17, 15) is 4.79 Å². The third-order valence-electron chi connectivity index (χ3n) is 3.43. The molecule has 17 heavy (non-hydrogen) atoms. The highest BCUT2D eigenvalue weighted by atomic mass is 16.4. The predicted octanol–water partition coefficient (Wildman–Crippen LogP) is 4.32. The third kappa shape index (κ3) is 4.76. The maximum absolute atomic E-state index is 10.5. The van der Waals surface area contributed by atoms with Crippen molar-refractivity contribution >= 4 is 5.97 Å². The Kier molecular flexibility index (Phi) is 4.98. The minimum absolute atomic E-state index is 0.272. The summed E-state index contributed by atoms with van der Waals surface area (Å²) in [5.41, 5.74) is 3.09. The van der Waals surface area contributed by atoms with Crippen LogP contribution in [0.25, 0.3) is 0 Å². The van der Waals surface area contributed by atoms with Crippen molar-refractivity contribution in [2.45, 2.75) is 59.3 Å². The predicted molar refractivity (Wildman–Crippen MR) is 71.0 cm³/mol. The zero-order valence-corrected chi connectivity index (χ0v) is 11.3. The van der Waals surface area contributed by atoms with Gasteiger partial charge in [-0.2, -0.15) is 0 Å². The van der Waals surface area contributed by atoms with Gasteiger partial charge in [0.25, 0.3) is 0 Å². The van der Waals surface area contributed by atoms with Crippen LogP contribution in [0.5, 0.6) is 0 Å². The van der Waals surface area contributed by atoms with Gasteiger partial charge in [-0.3, -0.25) is 4.79 Å². The molecule has 2 heteroatoms. The van der Waals surface area contributed by atoms with Crippen LogP contribution < -0.4 is 0 Å². The summed E-state index contributed by atoms with van der Waals surface area (Å²) in [6, 6.07) is 0. The maximum atomic E-state index is 10.5. The molecule has 1 aliphatic carbocycles. The largest absolute Gasteiger partial charge is 0.481 e. The molecule has 0 radical (unpaired) electrons. The Labute approximate surface area is 104 Å². The van der Waals surface area contributed by atoms with Crippen LogP contribution >= 0.6 is 0 Å². The number of allylic oxidation sites excluding steroid dienone is 4. The summed E-state index contributed by atoms with van der Waals surface area (Å²) in [7, 11) is 0. The minimum atomic E-state index is -0.696. The average molecular weight is 236 g/mol. The number of hydrogen-bond acceptors (Lipinski definition) is 1. The summed E-state index contributed by atoms with van der Waals surface area (Å²) in [6.45, 7) is 6.60. The normalized spacial score (nSPS) is 19.9. The quantitative estimate of drug-likeness (QED) is 0.771. The van der Waals surface area contributed by atoms with Crippen LogP contribution in [0.4, 0.5) is 0 Å². The van der Waals surface area contributed by atoms with Gasteiger partial charge in [0.2, 0.25) is 0 Å². The van der Waals surface area contributed by atoms with Crippen molar-refractivity contribution in [1.29, 1.82) is 0 Å². The molecule has 0 amide bonds. The molecule has 0 bridgehead atoms. The lowest BCUT2D eigenvalue weighted by atomic mass is 9.77. The second-order valence-electron chi connectivity index (χ2n) is 5.57. The highest BCUT2D eigenvalue weighted by Crippen LogP contribution is 2.36. The van der Waals surface area contributed by atoms with Gasteiger partial charge >= 0.3 is 5.97 Å². The van der Waals surface area contributed by atoms with E-state index in [1.807, 2.05) is 0 Å². The first-order valence-corrected chi connectivity index (χ1v) is 6.54. The number of aliphatic carboxylic acids is 1. The number of rotatable bonds is 5. The monoisotopic (exact) mass is 236 g/mol. The van der Waals surface area contributed by atoms with Crippen molar-refractivity contribution in [2.24, 2.45) is 5.41 Å². The second kappa shape index (κ2) is 6.04. The SMILES string of the molecule is CC=C(CCCC(=O)O)C1=CC(C)(C)CCC1. The van der Waals surface area contributed by atoms with Crippen LogP contribution in [0.1, 0.15) is 59.3 Å². The lowest BCUT2D eigenvalue weighted by molar-refractivity contribution is -0.137. The van der Waals surface area contributed by atoms with Crippen molar-refractivity contribution in [3.63, 3.8) is 0 Å². The van der Waals surface area contributed by atoms with E-state index in [0.29, 0.717) is 5.41 Å². The zero-order valence-electron chi connectivity index (χ0n) is 11.3. The molecular weight excluding hydrogens is 212 g/mol. The minimum Gasteiger partial charge on any atom is -0.481 e. The summed E-state index contributed by atoms with van der Waals surface area (Å²) in [5.74, 6) is -0.696. The summed E-state index contributed by atoms with van der Waals surface area (Å²) in [5, 5.41) is 8.66. The van der Waals surface area contributed by atoms with Crippen LogP contribution in [-0.2, 0) is 4.79 Å². The van der Waals surface area contributed by atoms with Crippen molar-refractivity contribution in [3.8, 4) is 0 Å². The number of carbonyl (C=O) groups is 1. The van der Waals surface area contributed by atoms with E-state index in [2.05, 4.69) is 32.9 Å². The average Bonchev–Trinajstić information content (AvgIpc) is 2.22. The molecule has 1 N–H and O–H groups in total. The molecule has 0 aromatic carbocycles. The molecule has 1 aliphatic rings. The molecule has 0 atom stereocenters. The van der Waals surface area contributed by atoms with Gasteiger partial charge in [0.15, 0.2) is 0 Å². The number of carboxylic acids is 1. The van der Waals surface area contributed by atoms with Gasteiger partial charge in [-0.1, -0.05) is 26.0 Å². The Hall–Kier alpha value is -1.05. The Balaban J connectivity index is 2.62. The standard InChI is InChI=1S/C15H24O2/c1-4-12(7-5-9-14(16)17)13-8-6-10-15(2,3)11-13/h4,11H,5-10H2,1-3H3,(H,16,17). The van der Waals surface area contributed by atoms with Gasteiger partial charge in [-0.05, 0) is 55.6 Å². The first-order chi connectivity index (χ1) is 7.94. The summed E-state index contributed by atoms with van der Waals surface area (Å²) in [6.07, 6.45) is 10.1. The molecule has 0 fully saturated rings. The summed E-state index contributed by atoms with van der Waals surface area (Å²) in [4.78, 5) is 10.5. The van der Waals surface area contributed by atoms with E-state index in [-0.39, 0.29) is 6.42 Å². The molecule has 0 spiro atoms. The van der Waals surface area contributed by atoms with E-state index >= 15 is 0 Å². The molecule has 96 valence electrons. The van der Waals surface area contributed by atoms with E-state index in [1.165, 1.54) is 24.0 Å². The molecule has 0 aromatic heterocycles. The van der Waals surface area contributed by atoms with Gasteiger partial charge in [0.1, 0.15) is 0 Å². The van der Waals surface area contributed by atoms with Gasteiger partial charge in [0.05, 0.1) is 0 Å². The fourth-order valence-corrected chi connectivity index (χ4v) is 2.52. The Bertz CT molecular complexity index is 335. The van der Waals surface area contributed by atoms with Gasteiger partial charge in [-0.25, -0.2) is 0 Å². The van der Waals surface area contributed by atoms with Crippen LogP contribution in [-0.4, -0.2) is 11.1 Å². The van der Waals surface area contributed by atoms with E-state index in [1.54, 1.807) is 0 Å². The lowest BCUT2D eigenvalue weighted by Gasteiger charge is -2.28. The van der Waals surface area contributed by atoms with E-state index in [0.717, 1.165) is 19.3 Å². The highest BCUT2D eigenvalue weighted by Gasteiger charge is 2.21. The molecule has 0 unspecified atom stereocenters. The maximum Gasteiger partial charge on any atom is 0.303 e. The van der Waals surface area contributed by atoms with Gasteiger partial charge in [0, 0.05) is 6.42 Å². The van der Waals surface area contributed by atoms with E-state index < -0.39 is 5.97 Å². The molecular formula is C15H24O2. The molecule has 0 heterocycles. The fourth-order valence-electron chi connectivity index (χ4n) is 2.52. The molecule has 0 aromatic rings. The van der Waals surface area contributed by atoms with Crippen molar-refractivity contribution in [2.75, 3.05) is 0 Å². The number of carboxylic acid groups (broad SMARTS) is 1. The molecule has 0 aliphatic heterocycles. The van der Waals surface area contributed by atoms with Crippen molar-refractivity contribution in [3.05, 3.63) is 23.3 Å². The van der Waals surface area contributed by atoms with Crippen LogP contribution in [0.15, 0.2) is 23.3 Å².